The van der Waals surface area contributed by atoms with Crippen LogP contribution in [0.15, 0.2) is 79.0 Å². The number of nitrogens with one attached hydrogen (secondary N) is 5. The number of H-pyrrole nitrogens is 1. The summed E-state index contributed by atoms with van der Waals surface area (Å²) in [5, 5.41) is 10.7. The molecule has 3 amide bonds. The zero-order valence-electron chi connectivity index (χ0n) is 19.4. The number of carbonyl (C=O) groups is 2. The Kier molecular flexibility index (Phi) is 6.33. The van der Waals surface area contributed by atoms with Gasteiger partial charge in [-0.25, -0.2) is 9.18 Å². The van der Waals surface area contributed by atoms with Gasteiger partial charge in [0.15, 0.2) is 0 Å². The fourth-order valence-corrected chi connectivity index (χ4v) is 3.97. The van der Waals surface area contributed by atoms with Crippen molar-refractivity contribution in [2.24, 2.45) is 0 Å². The Bertz CT molecular complexity index is 1560. The average Bonchev–Trinajstić information content (AvgIpc) is 3.46. The summed E-state index contributed by atoms with van der Waals surface area (Å²) in [5.74, 6) is -1.34. The number of aromatic nitrogens is 1. The first-order valence-corrected chi connectivity index (χ1v) is 11.3. The Hall–Kier alpha value is -5.06. The minimum Gasteiger partial charge on any atom is -0.362 e. The molecule has 192 valence electrons. The molecule has 0 aliphatic carbocycles. The molecule has 7 nitrogen and oxygen atoms in total. The smallest absolute Gasteiger partial charge is 0.362 e. The van der Waals surface area contributed by atoms with Gasteiger partial charge in [-0.2, -0.15) is 13.2 Å². The van der Waals surface area contributed by atoms with E-state index < -0.39 is 23.6 Å². The van der Waals surface area contributed by atoms with Gasteiger partial charge in [-0.1, -0.05) is 12.1 Å². The molecular formula is C27H19F4N5O2. The Balaban J connectivity index is 1.27. The van der Waals surface area contributed by atoms with Crippen molar-refractivity contribution in [2.45, 2.75) is 6.18 Å². The molecule has 0 atom stereocenters. The number of alkyl halides is 3. The lowest BCUT2D eigenvalue weighted by Gasteiger charge is -2.13. The van der Waals surface area contributed by atoms with E-state index in [0.29, 0.717) is 40.5 Å². The molecule has 5 rings (SSSR count). The summed E-state index contributed by atoms with van der Waals surface area (Å²) in [7, 11) is 0. The average molecular weight is 521 g/mol. The van der Waals surface area contributed by atoms with Crippen LogP contribution in [0.25, 0.3) is 11.6 Å². The van der Waals surface area contributed by atoms with Crippen LogP contribution < -0.4 is 21.3 Å². The number of amides is 3. The normalized spacial score (nSPS) is 13.7. The van der Waals surface area contributed by atoms with E-state index in [0.717, 1.165) is 17.3 Å². The molecule has 1 aromatic heterocycles. The number of benzene rings is 3. The first-order chi connectivity index (χ1) is 18.1. The highest BCUT2D eigenvalue weighted by atomic mass is 19.4. The van der Waals surface area contributed by atoms with Crippen LogP contribution in [0.3, 0.4) is 0 Å². The fraction of sp³-hybridized carbons (Fsp3) is 0.0370. The summed E-state index contributed by atoms with van der Waals surface area (Å²) in [4.78, 5) is 27.8. The molecule has 0 radical (unpaired) electrons. The van der Waals surface area contributed by atoms with Crippen LogP contribution in [0, 0.1) is 5.82 Å². The second kappa shape index (κ2) is 9.77. The molecule has 11 heteroatoms. The molecule has 2 heterocycles. The first-order valence-electron chi connectivity index (χ1n) is 11.3. The molecule has 0 saturated carbocycles. The molecule has 0 spiro atoms. The largest absolute Gasteiger partial charge is 0.416 e. The Morgan fingerprint density at radius 3 is 2.37 bits per heavy atom. The summed E-state index contributed by atoms with van der Waals surface area (Å²) in [6, 6.07) is 16.6. The number of halogens is 4. The lowest BCUT2D eigenvalue weighted by atomic mass is 10.1. The van der Waals surface area contributed by atoms with Crippen LogP contribution in [-0.2, 0) is 11.0 Å². The number of fused-ring (bicyclic) bond motifs is 1. The Labute approximate surface area is 213 Å². The number of hydrogen-bond acceptors (Lipinski definition) is 3. The van der Waals surface area contributed by atoms with Crippen molar-refractivity contribution in [3.05, 3.63) is 102 Å². The van der Waals surface area contributed by atoms with E-state index in [4.69, 9.17) is 0 Å². The van der Waals surface area contributed by atoms with Crippen molar-refractivity contribution in [3.63, 3.8) is 0 Å². The van der Waals surface area contributed by atoms with Gasteiger partial charge in [-0.05, 0) is 66.7 Å². The zero-order chi connectivity index (χ0) is 26.9. The summed E-state index contributed by atoms with van der Waals surface area (Å²) in [6.45, 7) is 0. The van der Waals surface area contributed by atoms with Gasteiger partial charge in [0.2, 0.25) is 0 Å². The van der Waals surface area contributed by atoms with Gasteiger partial charge < -0.3 is 26.3 Å². The lowest BCUT2D eigenvalue weighted by molar-refractivity contribution is -0.137. The van der Waals surface area contributed by atoms with Gasteiger partial charge in [0, 0.05) is 40.2 Å². The second-order valence-corrected chi connectivity index (χ2v) is 8.41. The minimum atomic E-state index is -4.75. The number of rotatable bonds is 5. The number of hydrogen-bond donors (Lipinski definition) is 5. The highest BCUT2D eigenvalue weighted by molar-refractivity contribution is 6.35. The molecule has 0 saturated heterocycles. The summed E-state index contributed by atoms with van der Waals surface area (Å²) < 4.78 is 52.3. The maximum Gasteiger partial charge on any atom is 0.416 e. The van der Waals surface area contributed by atoms with Crippen molar-refractivity contribution in [1.82, 2.24) is 4.98 Å². The maximum atomic E-state index is 13.6. The molecule has 5 N–H and O–H groups in total. The van der Waals surface area contributed by atoms with Crippen LogP contribution in [0.1, 0.15) is 16.8 Å². The predicted octanol–water partition coefficient (Wildman–Crippen LogP) is 7.05. The number of carbonyl (C=O) groups excluding carboxylic acids is 2. The summed E-state index contributed by atoms with van der Waals surface area (Å²) in [6.07, 6.45) is -1.22. The van der Waals surface area contributed by atoms with E-state index in [1.165, 1.54) is 0 Å². The number of aromatic amines is 1. The van der Waals surface area contributed by atoms with E-state index in [2.05, 4.69) is 26.3 Å². The molecule has 3 aromatic carbocycles. The highest BCUT2D eigenvalue weighted by Gasteiger charge is 2.31. The van der Waals surface area contributed by atoms with Crippen molar-refractivity contribution >= 4 is 52.0 Å². The van der Waals surface area contributed by atoms with Crippen LogP contribution in [0.5, 0.6) is 0 Å². The van der Waals surface area contributed by atoms with Gasteiger partial charge in [0.05, 0.1) is 16.8 Å². The first kappa shape index (κ1) is 24.6. The molecule has 1 aliphatic rings. The quantitative estimate of drug-likeness (QED) is 0.144. The minimum absolute atomic E-state index is 0.218. The Morgan fingerprint density at radius 2 is 1.61 bits per heavy atom. The van der Waals surface area contributed by atoms with Crippen LogP contribution in [-0.4, -0.2) is 16.9 Å². The van der Waals surface area contributed by atoms with Gasteiger partial charge in [-0.3, -0.25) is 4.79 Å². The van der Waals surface area contributed by atoms with Crippen LogP contribution >= 0.6 is 0 Å². The third-order valence-corrected chi connectivity index (χ3v) is 5.62. The predicted molar refractivity (Wildman–Crippen MR) is 138 cm³/mol. The zero-order valence-corrected chi connectivity index (χ0v) is 19.4. The van der Waals surface area contributed by atoms with Gasteiger partial charge in [0.25, 0.3) is 5.91 Å². The van der Waals surface area contributed by atoms with Crippen molar-refractivity contribution < 1.29 is 27.2 Å². The fourth-order valence-electron chi connectivity index (χ4n) is 3.97. The van der Waals surface area contributed by atoms with Crippen LogP contribution in [0.2, 0.25) is 0 Å². The molecule has 0 bridgehead atoms. The van der Waals surface area contributed by atoms with E-state index in [1.807, 2.05) is 18.2 Å². The van der Waals surface area contributed by atoms with Crippen LogP contribution in [0.4, 0.5) is 50.8 Å². The molecule has 38 heavy (non-hydrogen) atoms. The number of urea groups is 1. The van der Waals surface area contributed by atoms with E-state index in [-0.39, 0.29) is 11.6 Å². The van der Waals surface area contributed by atoms with Gasteiger partial charge in [0.1, 0.15) is 5.82 Å². The SMILES string of the molecule is O=C(Nc1cccc(Nc2ccc3c(c2)NC(=O)/C3=C/c2ccc[nH]2)c1)Nc1cc(F)cc(C(F)(F)F)c1. The third-order valence-electron chi connectivity index (χ3n) is 5.62. The summed E-state index contributed by atoms with van der Waals surface area (Å²) >= 11 is 0. The molecule has 0 unspecified atom stereocenters. The standard InChI is InChI=1S/C27H19F4N5O2/c28-16-9-15(27(29,30)31)10-21(11-16)35-26(38)34-19-4-1-3-18(12-19)33-20-6-7-22-23(13-17-5-2-8-32-17)25(37)36-24(22)14-20/h1-14,32-33H,(H,36,37)(H2,34,35,38)/b23-13+. The molecule has 4 aromatic rings. The van der Waals surface area contributed by atoms with Gasteiger partial charge >= 0.3 is 12.2 Å². The lowest BCUT2D eigenvalue weighted by Crippen LogP contribution is -2.20. The van der Waals surface area contributed by atoms with Gasteiger partial charge in [-0.15, -0.1) is 0 Å². The topological polar surface area (TPSA) is 98.1 Å². The van der Waals surface area contributed by atoms with E-state index >= 15 is 0 Å². The maximum absolute atomic E-state index is 13.6. The third kappa shape index (κ3) is 5.51. The van der Waals surface area contributed by atoms with Crippen molar-refractivity contribution in [3.8, 4) is 0 Å². The van der Waals surface area contributed by atoms with E-state index in [9.17, 15) is 27.2 Å². The van der Waals surface area contributed by atoms with E-state index in [1.54, 1.807) is 48.7 Å². The molecule has 1 aliphatic heterocycles. The second-order valence-electron chi connectivity index (χ2n) is 8.41. The Morgan fingerprint density at radius 1 is 0.842 bits per heavy atom. The molecule has 0 fully saturated rings. The van der Waals surface area contributed by atoms with Crippen molar-refractivity contribution in [1.29, 1.82) is 0 Å². The number of anilines is 5. The van der Waals surface area contributed by atoms with Crippen molar-refractivity contribution in [2.75, 3.05) is 21.3 Å². The highest BCUT2D eigenvalue weighted by Crippen LogP contribution is 2.36. The monoisotopic (exact) mass is 521 g/mol. The molecular weight excluding hydrogens is 502 g/mol. The summed E-state index contributed by atoms with van der Waals surface area (Å²) in [5.41, 5.74) is 2.79.